The Balaban J connectivity index is 1.52. The van der Waals surface area contributed by atoms with Crippen LogP contribution in [0.25, 0.3) is 0 Å². The van der Waals surface area contributed by atoms with Crippen LogP contribution in [-0.4, -0.2) is 83.3 Å². The molecule has 45 heavy (non-hydrogen) atoms. The van der Waals surface area contributed by atoms with Crippen molar-refractivity contribution in [2.75, 3.05) is 38.5 Å². The molecule has 1 aliphatic heterocycles. The van der Waals surface area contributed by atoms with E-state index in [9.17, 15) is 19.2 Å². The maximum atomic E-state index is 15.6. The topological polar surface area (TPSA) is 116 Å². The lowest BCUT2D eigenvalue weighted by Gasteiger charge is -2.36. The first kappa shape index (κ1) is 34.1. The van der Waals surface area contributed by atoms with Crippen LogP contribution in [0.4, 0.5) is 10.1 Å². The van der Waals surface area contributed by atoms with Crippen LogP contribution in [0.1, 0.15) is 87.7 Å². The second-order valence-electron chi connectivity index (χ2n) is 12.4. The molecule has 246 valence electrons. The number of hydrogen-bond donors (Lipinski definition) is 3. The van der Waals surface area contributed by atoms with Crippen molar-refractivity contribution in [2.24, 2.45) is 5.92 Å². The predicted octanol–water partition coefficient (Wildman–Crippen LogP) is 4.13. The van der Waals surface area contributed by atoms with Crippen molar-refractivity contribution >= 4 is 29.3 Å². The summed E-state index contributed by atoms with van der Waals surface area (Å²) < 4.78 is 17.4. The molecule has 0 spiro atoms. The van der Waals surface area contributed by atoms with Gasteiger partial charge in [0.2, 0.25) is 17.7 Å². The van der Waals surface area contributed by atoms with Crippen LogP contribution in [0.5, 0.6) is 0 Å². The molecule has 3 atom stereocenters. The number of benzene rings is 1. The number of likely N-dealkylation sites (N-methyl/N-ethyl adjacent to an activating group) is 1. The minimum absolute atomic E-state index is 0.000271. The number of nitrogens with zero attached hydrogens (tertiary/aromatic N) is 3. The Morgan fingerprint density at radius 3 is 2.27 bits per heavy atom. The largest absolute Gasteiger partial charge is 0.344 e. The zero-order valence-electron chi connectivity index (χ0n) is 27.1. The molecule has 3 unspecified atom stereocenters. The lowest BCUT2D eigenvalue weighted by molar-refractivity contribution is -0.138. The molecular formula is C34H49FN6O4. The Bertz CT molecular complexity index is 1330. The first-order chi connectivity index (χ1) is 21.6. The van der Waals surface area contributed by atoms with E-state index in [1.54, 1.807) is 36.9 Å². The summed E-state index contributed by atoms with van der Waals surface area (Å²) in [5.74, 6) is -2.45. The van der Waals surface area contributed by atoms with E-state index in [0.29, 0.717) is 30.9 Å². The van der Waals surface area contributed by atoms with Gasteiger partial charge < -0.3 is 30.3 Å². The summed E-state index contributed by atoms with van der Waals surface area (Å²) in [6, 6.07) is 6.35. The number of anilines is 1. The number of carbonyl (C=O) groups excluding carboxylic acids is 4. The number of aromatic nitrogens is 1. The molecule has 1 aromatic carbocycles. The average molecular weight is 625 g/mol. The van der Waals surface area contributed by atoms with Crippen molar-refractivity contribution in [3.8, 4) is 0 Å². The van der Waals surface area contributed by atoms with E-state index < -0.39 is 29.7 Å². The van der Waals surface area contributed by atoms with Gasteiger partial charge in [-0.1, -0.05) is 45.6 Å². The fourth-order valence-electron chi connectivity index (χ4n) is 6.37. The van der Waals surface area contributed by atoms with Crippen molar-refractivity contribution in [1.82, 2.24) is 25.0 Å². The standard InChI is InChI=1S/C34H49FN6O4/c1-5-29(42)37-30(34(45)41-20-18-39(4)19-21-41)23(3)25-15-16-27(26(35)22-25)36-33(44)31(24-12-9-7-8-10-13-24)38-32(43)28-14-11-17-40(28)6-2/h11,14-17,22-24,30-31H,5-10,12-13,18-21H2,1-4H3,(H,36,44)(H,37,42)(H,38,43). The molecule has 1 saturated carbocycles. The molecule has 2 aromatic rings. The van der Waals surface area contributed by atoms with Gasteiger partial charge in [-0.25, -0.2) is 4.39 Å². The van der Waals surface area contributed by atoms with Crippen molar-refractivity contribution in [3.05, 3.63) is 53.6 Å². The number of rotatable bonds is 11. The second kappa shape index (κ2) is 16.0. The van der Waals surface area contributed by atoms with E-state index in [1.165, 1.54) is 12.1 Å². The van der Waals surface area contributed by atoms with E-state index in [0.717, 1.165) is 51.6 Å². The monoisotopic (exact) mass is 624 g/mol. The summed E-state index contributed by atoms with van der Waals surface area (Å²) in [5.41, 5.74) is 1.01. The van der Waals surface area contributed by atoms with Gasteiger partial charge in [0.25, 0.3) is 5.91 Å². The minimum atomic E-state index is -0.849. The van der Waals surface area contributed by atoms with Gasteiger partial charge in [-0.05, 0) is 62.6 Å². The Morgan fingerprint density at radius 2 is 1.64 bits per heavy atom. The van der Waals surface area contributed by atoms with Crippen LogP contribution in [-0.2, 0) is 20.9 Å². The number of carbonyl (C=O) groups is 4. The third kappa shape index (κ3) is 8.71. The molecule has 0 radical (unpaired) electrons. The molecule has 1 aliphatic carbocycles. The molecule has 4 amide bonds. The highest BCUT2D eigenvalue weighted by molar-refractivity contribution is 6.01. The van der Waals surface area contributed by atoms with Gasteiger partial charge >= 0.3 is 0 Å². The van der Waals surface area contributed by atoms with Gasteiger partial charge in [0.15, 0.2) is 0 Å². The number of amides is 4. The summed E-state index contributed by atoms with van der Waals surface area (Å²) in [6.07, 6.45) is 7.77. The third-order valence-corrected chi connectivity index (χ3v) is 9.34. The van der Waals surface area contributed by atoms with Gasteiger partial charge in [-0.3, -0.25) is 19.2 Å². The van der Waals surface area contributed by atoms with Crippen LogP contribution in [0, 0.1) is 11.7 Å². The van der Waals surface area contributed by atoms with Crippen LogP contribution in [0.2, 0.25) is 0 Å². The summed E-state index contributed by atoms with van der Waals surface area (Å²) in [4.78, 5) is 56.8. The second-order valence-corrected chi connectivity index (χ2v) is 12.4. The first-order valence-electron chi connectivity index (χ1n) is 16.5. The fourth-order valence-corrected chi connectivity index (χ4v) is 6.37. The Hall–Kier alpha value is -3.73. The highest BCUT2D eigenvalue weighted by Gasteiger charge is 2.34. The Labute approximate surface area is 266 Å². The van der Waals surface area contributed by atoms with Crippen molar-refractivity contribution in [2.45, 2.75) is 90.3 Å². The average Bonchev–Trinajstić information content (AvgIpc) is 3.37. The Morgan fingerprint density at radius 1 is 0.956 bits per heavy atom. The van der Waals surface area contributed by atoms with Crippen LogP contribution < -0.4 is 16.0 Å². The Kier molecular flexibility index (Phi) is 12.2. The molecule has 2 aliphatic rings. The van der Waals surface area contributed by atoms with Gasteiger partial charge in [0.1, 0.15) is 23.6 Å². The zero-order valence-corrected chi connectivity index (χ0v) is 27.1. The molecule has 1 saturated heterocycles. The SMILES string of the molecule is CCC(=O)NC(C(=O)N1CCN(C)CC1)C(C)c1ccc(NC(=O)C(NC(=O)c2cccn2CC)C2CCCCCC2)c(F)c1. The summed E-state index contributed by atoms with van der Waals surface area (Å²) in [5, 5.41) is 8.56. The molecule has 2 heterocycles. The summed E-state index contributed by atoms with van der Waals surface area (Å²) >= 11 is 0. The van der Waals surface area contributed by atoms with Gasteiger partial charge in [-0.15, -0.1) is 0 Å². The summed E-state index contributed by atoms with van der Waals surface area (Å²) in [6.45, 7) is 8.69. The molecule has 3 N–H and O–H groups in total. The third-order valence-electron chi connectivity index (χ3n) is 9.34. The summed E-state index contributed by atoms with van der Waals surface area (Å²) in [7, 11) is 2.00. The lowest BCUT2D eigenvalue weighted by atomic mass is 9.90. The highest BCUT2D eigenvalue weighted by atomic mass is 19.1. The minimum Gasteiger partial charge on any atom is -0.344 e. The number of hydrogen-bond acceptors (Lipinski definition) is 5. The first-order valence-corrected chi connectivity index (χ1v) is 16.5. The molecular weight excluding hydrogens is 575 g/mol. The maximum Gasteiger partial charge on any atom is 0.268 e. The van der Waals surface area contributed by atoms with Crippen LogP contribution in [0.15, 0.2) is 36.5 Å². The van der Waals surface area contributed by atoms with E-state index in [1.807, 2.05) is 24.7 Å². The van der Waals surface area contributed by atoms with Gasteiger partial charge in [-0.2, -0.15) is 0 Å². The number of nitrogens with one attached hydrogen (secondary N) is 3. The van der Waals surface area contributed by atoms with Crippen LogP contribution >= 0.6 is 0 Å². The molecule has 0 bridgehead atoms. The molecule has 1 aromatic heterocycles. The normalized spacial score (nSPS) is 18.4. The molecule has 11 heteroatoms. The van der Waals surface area contributed by atoms with Crippen molar-refractivity contribution in [3.63, 3.8) is 0 Å². The maximum absolute atomic E-state index is 15.6. The number of aryl methyl sites for hydroxylation is 1. The van der Waals surface area contributed by atoms with Gasteiger partial charge in [0, 0.05) is 51.3 Å². The van der Waals surface area contributed by atoms with Gasteiger partial charge in [0.05, 0.1) is 5.69 Å². The zero-order chi connectivity index (χ0) is 32.5. The fraction of sp³-hybridized carbons (Fsp3) is 0.588. The number of piperazine rings is 1. The molecule has 10 nitrogen and oxygen atoms in total. The predicted molar refractivity (Wildman–Crippen MR) is 172 cm³/mol. The van der Waals surface area contributed by atoms with E-state index in [-0.39, 0.29) is 35.7 Å². The smallest absolute Gasteiger partial charge is 0.268 e. The molecule has 2 fully saturated rings. The van der Waals surface area contributed by atoms with E-state index in [4.69, 9.17) is 0 Å². The van der Waals surface area contributed by atoms with Crippen LogP contribution in [0.3, 0.4) is 0 Å². The highest BCUT2D eigenvalue weighted by Crippen LogP contribution is 2.29. The van der Waals surface area contributed by atoms with Crippen molar-refractivity contribution in [1.29, 1.82) is 0 Å². The van der Waals surface area contributed by atoms with Crippen molar-refractivity contribution < 1.29 is 23.6 Å². The van der Waals surface area contributed by atoms with E-state index >= 15 is 4.39 Å². The molecule has 4 rings (SSSR count). The number of halogens is 1. The van der Waals surface area contributed by atoms with E-state index in [2.05, 4.69) is 20.9 Å². The quantitative estimate of drug-likeness (QED) is 0.326. The lowest BCUT2D eigenvalue weighted by Crippen LogP contribution is -2.55.